The van der Waals surface area contributed by atoms with E-state index in [4.69, 9.17) is 4.74 Å². The Hall–Kier alpha value is -3.15. The van der Waals surface area contributed by atoms with Gasteiger partial charge in [0.1, 0.15) is 17.3 Å². The number of anilines is 1. The molecule has 30 heavy (non-hydrogen) atoms. The zero-order valence-electron chi connectivity index (χ0n) is 17.2. The highest BCUT2D eigenvalue weighted by atomic mass is 19.1. The van der Waals surface area contributed by atoms with E-state index in [1.807, 2.05) is 4.90 Å². The van der Waals surface area contributed by atoms with Gasteiger partial charge in [0.15, 0.2) is 0 Å². The van der Waals surface area contributed by atoms with E-state index in [0.717, 1.165) is 25.9 Å². The Morgan fingerprint density at radius 1 is 0.933 bits per heavy atom. The van der Waals surface area contributed by atoms with Crippen molar-refractivity contribution >= 4 is 23.1 Å². The highest BCUT2D eigenvalue weighted by Gasteiger charge is 2.42. The molecule has 2 aliphatic rings. The smallest absolute Gasteiger partial charge is 0.282 e. The van der Waals surface area contributed by atoms with Crippen LogP contribution in [0, 0.1) is 11.7 Å². The number of likely N-dealkylation sites (tertiary alicyclic amines) is 1. The number of hydrogen-bond acceptors (Lipinski definition) is 4. The lowest BCUT2D eigenvalue weighted by molar-refractivity contribution is -0.120. The van der Waals surface area contributed by atoms with Crippen LogP contribution >= 0.6 is 0 Å². The maximum absolute atomic E-state index is 13.4. The first kappa shape index (κ1) is 20.1. The number of nitrogens with zero attached hydrogens (tertiary/aromatic N) is 2. The molecule has 2 aromatic rings. The van der Waals surface area contributed by atoms with Gasteiger partial charge >= 0.3 is 0 Å². The molecule has 2 aromatic carbocycles. The number of halogens is 1. The summed E-state index contributed by atoms with van der Waals surface area (Å²) in [5, 5.41) is 0. The summed E-state index contributed by atoms with van der Waals surface area (Å²) in [6.45, 7) is 6.19. The van der Waals surface area contributed by atoms with Crippen molar-refractivity contribution in [2.45, 2.75) is 26.7 Å². The maximum atomic E-state index is 13.4. The lowest BCUT2D eigenvalue weighted by Crippen LogP contribution is -2.34. The third-order valence-electron chi connectivity index (χ3n) is 5.29. The Balaban J connectivity index is 1.68. The molecule has 0 saturated carbocycles. The van der Waals surface area contributed by atoms with Crippen LogP contribution in [0.25, 0.3) is 5.57 Å². The van der Waals surface area contributed by atoms with Crippen LogP contribution in [0.4, 0.5) is 10.1 Å². The SMILES string of the molecule is CC(C)COc1ccc(N2C(=O)C(c3ccc(F)cc3)=C(N3CCCC3)C2=O)cc1. The van der Waals surface area contributed by atoms with Gasteiger partial charge in [-0.15, -0.1) is 0 Å². The molecule has 1 fully saturated rings. The van der Waals surface area contributed by atoms with E-state index in [0.29, 0.717) is 40.8 Å². The average Bonchev–Trinajstić information content (AvgIpc) is 3.34. The molecule has 2 heterocycles. The number of amides is 2. The van der Waals surface area contributed by atoms with Gasteiger partial charge in [0.25, 0.3) is 11.8 Å². The molecule has 0 aromatic heterocycles. The van der Waals surface area contributed by atoms with E-state index in [1.54, 1.807) is 36.4 Å². The molecule has 6 heteroatoms. The third kappa shape index (κ3) is 3.82. The van der Waals surface area contributed by atoms with Crippen molar-refractivity contribution in [3.8, 4) is 5.75 Å². The molecule has 156 valence electrons. The third-order valence-corrected chi connectivity index (χ3v) is 5.29. The Morgan fingerprint density at radius 2 is 1.57 bits per heavy atom. The van der Waals surface area contributed by atoms with Crippen molar-refractivity contribution in [1.29, 1.82) is 0 Å². The number of benzene rings is 2. The summed E-state index contributed by atoms with van der Waals surface area (Å²) in [5.41, 5.74) is 1.79. The summed E-state index contributed by atoms with van der Waals surface area (Å²) in [6.07, 6.45) is 1.95. The van der Waals surface area contributed by atoms with Crippen LogP contribution in [0.5, 0.6) is 5.75 Å². The number of ether oxygens (including phenoxy) is 1. The Bertz CT molecular complexity index is 975. The number of imide groups is 1. The number of hydrogen-bond donors (Lipinski definition) is 0. The van der Waals surface area contributed by atoms with Crippen LogP contribution in [0.3, 0.4) is 0 Å². The fraction of sp³-hybridized carbons (Fsp3) is 0.333. The maximum Gasteiger partial charge on any atom is 0.282 e. The quantitative estimate of drug-likeness (QED) is 0.671. The number of rotatable bonds is 6. The van der Waals surface area contributed by atoms with Crippen molar-refractivity contribution < 1.29 is 18.7 Å². The molecule has 4 rings (SSSR count). The largest absolute Gasteiger partial charge is 0.493 e. The van der Waals surface area contributed by atoms with Crippen LogP contribution in [0.2, 0.25) is 0 Å². The van der Waals surface area contributed by atoms with Crippen LogP contribution in [0.15, 0.2) is 54.2 Å². The topological polar surface area (TPSA) is 49.9 Å². The lowest BCUT2D eigenvalue weighted by Gasteiger charge is -2.20. The monoisotopic (exact) mass is 408 g/mol. The zero-order chi connectivity index (χ0) is 21.3. The summed E-state index contributed by atoms with van der Waals surface area (Å²) >= 11 is 0. The van der Waals surface area contributed by atoms with E-state index < -0.39 is 0 Å². The van der Waals surface area contributed by atoms with Gasteiger partial charge in [0, 0.05) is 13.1 Å². The van der Waals surface area contributed by atoms with Crippen molar-refractivity contribution in [1.82, 2.24) is 4.90 Å². The Morgan fingerprint density at radius 3 is 2.17 bits per heavy atom. The van der Waals surface area contributed by atoms with E-state index in [-0.39, 0.29) is 17.6 Å². The Labute approximate surface area is 175 Å². The molecular formula is C24H25FN2O3. The normalized spacial score (nSPS) is 16.9. The van der Waals surface area contributed by atoms with E-state index in [1.165, 1.54) is 17.0 Å². The molecule has 2 aliphatic heterocycles. The van der Waals surface area contributed by atoms with Gasteiger partial charge < -0.3 is 9.64 Å². The molecule has 0 unspecified atom stereocenters. The fourth-order valence-corrected chi connectivity index (χ4v) is 3.82. The van der Waals surface area contributed by atoms with E-state index >= 15 is 0 Å². The summed E-state index contributed by atoms with van der Waals surface area (Å²) < 4.78 is 19.1. The summed E-state index contributed by atoms with van der Waals surface area (Å²) in [6, 6.07) is 12.7. The predicted molar refractivity (Wildman–Crippen MR) is 113 cm³/mol. The van der Waals surface area contributed by atoms with Gasteiger partial charge in [-0.05, 0) is 60.7 Å². The van der Waals surface area contributed by atoms with Crippen molar-refractivity contribution in [3.05, 3.63) is 65.6 Å². The van der Waals surface area contributed by atoms with Crippen molar-refractivity contribution in [2.24, 2.45) is 5.92 Å². The average molecular weight is 408 g/mol. The summed E-state index contributed by atoms with van der Waals surface area (Å²) in [5.74, 6) is -0.0101. The summed E-state index contributed by atoms with van der Waals surface area (Å²) in [4.78, 5) is 29.9. The molecular weight excluding hydrogens is 383 g/mol. The molecule has 0 spiro atoms. The first-order chi connectivity index (χ1) is 14.5. The van der Waals surface area contributed by atoms with Crippen molar-refractivity contribution in [2.75, 3.05) is 24.6 Å². The van der Waals surface area contributed by atoms with Gasteiger partial charge in [0.2, 0.25) is 0 Å². The molecule has 2 amide bonds. The highest BCUT2D eigenvalue weighted by molar-refractivity contribution is 6.45. The highest BCUT2D eigenvalue weighted by Crippen LogP contribution is 2.36. The van der Waals surface area contributed by atoms with Gasteiger partial charge in [-0.2, -0.15) is 0 Å². The van der Waals surface area contributed by atoms with Crippen LogP contribution in [0.1, 0.15) is 32.3 Å². The molecule has 0 atom stereocenters. The fourth-order valence-electron chi connectivity index (χ4n) is 3.82. The molecule has 0 N–H and O–H groups in total. The van der Waals surface area contributed by atoms with E-state index in [9.17, 15) is 14.0 Å². The minimum atomic E-state index is -0.385. The second-order valence-corrected chi connectivity index (χ2v) is 8.07. The minimum absolute atomic E-state index is 0.335. The first-order valence-electron chi connectivity index (χ1n) is 10.3. The van der Waals surface area contributed by atoms with Gasteiger partial charge in [-0.1, -0.05) is 26.0 Å². The lowest BCUT2D eigenvalue weighted by atomic mass is 10.0. The first-order valence-corrected chi connectivity index (χ1v) is 10.3. The van der Waals surface area contributed by atoms with Crippen LogP contribution < -0.4 is 9.64 Å². The molecule has 5 nitrogen and oxygen atoms in total. The minimum Gasteiger partial charge on any atom is -0.493 e. The zero-order valence-corrected chi connectivity index (χ0v) is 17.2. The van der Waals surface area contributed by atoms with Gasteiger partial charge in [-0.25, -0.2) is 9.29 Å². The van der Waals surface area contributed by atoms with Crippen LogP contribution in [-0.4, -0.2) is 36.4 Å². The second kappa shape index (κ2) is 8.30. The molecule has 0 aliphatic carbocycles. The summed E-state index contributed by atoms with van der Waals surface area (Å²) in [7, 11) is 0. The number of carbonyl (C=O) groups excluding carboxylic acids is 2. The second-order valence-electron chi connectivity index (χ2n) is 8.07. The standard InChI is InChI=1S/C24H25FN2O3/c1-16(2)15-30-20-11-9-19(10-12-20)27-23(28)21(17-5-7-18(25)8-6-17)22(24(27)29)26-13-3-4-14-26/h5-12,16H,3-4,13-15H2,1-2H3. The predicted octanol–water partition coefficient (Wildman–Crippen LogP) is 4.24. The van der Waals surface area contributed by atoms with Crippen molar-refractivity contribution in [3.63, 3.8) is 0 Å². The number of carbonyl (C=O) groups is 2. The Kier molecular flexibility index (Phi) is 5.57. The van der Waals surface area contributed by atoms with Gasteiger partial charge in [0.05, 0.1) is 17.9 Å². The molecule has 1 saturated heterocycles. The van der Waals surface area contributed by atoms with Gasteiger partial charge in [-0.3, -0.25) is 9.59 Å². The molecule has 0 radical (unpaired) electrons. The molecule has 0 bridgehead atoms. The van der Waals surface area contributed by atoms with Crippen LogP contribution in [-0.2, 0) is 9.59 Å². The van der Waals surface area contributed by atoms with E-state index in [2.05, 4.69) is 13.8 Å².